The first-order valence-corrected chi connectivity index (χ1v) is 6.72. The topological polar surface area (TPSA) is 48.5 Å². The second-order valence-corrected chi connectivity index (χ2v) is 5.30. The molecule has 1 saturated heterocycles. The van der Waals surface area contributed by atoms with E-state index in [1.807, 2.05) is 6.07 Å². The van der Waals surface area contributed by atoms with E-state index in [1.54, 1.807) is 31.3 Å². The van der Waals surface area contributed by atoms with Crippen molar-refractivity contribution >= 4 is 17.5 Å². The van der Waals surface area contributed by atoms with Crippen molar-refractivity contribution in [2.24, 2.45) is 0 Å². The molecule has 1 N–H and O–H groups in total. The Balaban J connectivity index is 2.07. The summed E-state index contributed by atoms with van der Waals surface area (Å²) in [6.07, 6.45) is 1.77. The molecule has 0 radical (unpaired) electrons. The molecule has 1 aliphatic rings. The van der Waals surface area contributed by atoms with Gasteiger partial charge in [0.05, 0.1) is 0 Å². The van der Waals surface area contributed by atoms with Crippen molar-refractivity contribution in [3.63, 3.8) is 0 Å². The van der Waals surface area contributed by atoms with Gasteiger partial charge in [0, 0.05) is 46.5 Å². The highest BCUT2D eigenvalue weighted by molar-refractivity contribution is 6.29. The number of nitrogens with one attached hydrogen (secondary N) is 1. The maximum atomic E-state index is 12.2. The quantitative estimate of drug-likeness (QED) is 0.825. The van der Waals surface area contributed by atoms with Crippen molar-refractivity contribution < 1.29 is 4.79 Å². The number of pyridine rings is 1. The van der Waals surface area contributed by atoms with Crippen LogP contribution in [0.15, 0.2) is 18.3 Å². The summed E-state index contributed by atoms with van der Waals surface area (Å²) in [5.74, 6) is 0.133. The number of carbonyl (C=O) groups is 1. The minimum absolute atomic E-state index is 0.112. The van der Waals surface area contributed by atoms with Crippen molar-refractivity contribution in [3.05, 3.63) is 29.0 Å². The zero-order chi connectivity index (χ0) is 13.8. The van der Waals surface area contributed by atoms with Crippen molar-refractivity contribution in [1.82, 2.24) is 20.1 Å². The summed E-state index contributed by atoms with van der Waals surface area (Å²) in [6, 6.07) is 3.62. The Morgan fingerprint density at radius 2 is 2.37 bits per heavy atom. The Hall–Kier alpha value is -1.17. The van der Waals surface area contributed by atoms with Gasteiger partial charge in [-0.1, -0.05) is 17.7 Å². The van der Waals surface area contributed by atoms with E-state index in [0.717, 1.165) is 25.2 Å². The van der Waals surface area contributed by atoms with Gasteiger partial charge in [0.2, 0.25) is 5.91 Å². The number of carbonyl (C=O) groups excluding carboxylic acids is 1. The number of amides is 1. The molecule has 104 valence electrons. The molecule has 1 aromatic rings. The van der Waals surface area contributed by atoms with Gasteiger partial charge in [-0.15, -0.1) is 0 Å². The van der Waals surface area contributed by atoms with Crippen LogP contribution in [0, 0.1) is 0 Å². The fourth-order valence-electron chi connectivity index (χ4n) is 2.21. The standard InChI is InChI=1S/C13H19ClN4O/c1-17(2)13(19)11-8-15-5-6-18(11)9-10-3-4-12(14)16-7-10/h3-4,7,11,15H,5-6,8-9H2,1-2H3. The monoisotopic (exact) mass is 282 g/mol. The number of nitrogens with zero attached hydrogens (tertiary/aromatic N) is 3. The van der Waals surface area contributed by atoms with Crippen LogP contribution in [0.1, 0.15) is 5.56 Å². The summed E-state index contributed by atoms with van der Waals surface area (Å²) in [5.41, 5.74) is 1.07. The summed E-state index contributed by atoms with van der Waals surface area (Å²) < 4.78 is 0. The molecule has 1 amide bonds. The Bertz CT molecular complexity index is 435. The van der Waals surface area contributed by atoms with E-state index in [1.165, 1.54) is 0 Å². The van der Waals surface area contributed by atoms with Gasteiger partial charge in [-0.3, -0.25) is 9.69 Å². The van der Waals surface area contributed by atoms with E-state index >= 15 is 0 Å². The Labute approximate surface area is 118 Å². The van der Waals surface area contributed by atoms with Gasteiger partial charge in [-0.2, -0.15) is 0 Å². The first-order chi connectivity index (χ1) is 9.08. The number of rotatable bonds is 3. The van der Waals surface area contributed by atoms with Crippen LogP contribution in [0.5, 0.6) is 0 Å². The summed E-state index contributed by atoms with van der Waals surface area (Å²) in [6.45, 7) is 3.17. The number of halogens is 1. The van der Waals surface area contributed by atoms with Crippen LogP contribution < -0.4 is 5.32 Å². The molecule has 6 heteroatoms. The number of likely N-dealkylation sites (N-methyl/N-ethyl adjacent to an activating group) is 1. The maximum absolute atomic E-state index is 12.2. The minimum Gasteiger partial charge on any atom is -0.347 e. The molecule has 2 rings (SSSR count). The van der Waals surface area contributed by atoms with Gasteiger partial charge in [0.1, 0.15) is 11.2 Å². The second-order valence-electron chi connectivity index (χ2n) is 4.91. The lowest BCUT2D eigenvalue weighted by molar-refractivity contribution is -0.135. The summed E-state index contributed by atoms with van der Waals surface area (Å²) in [4.78, 5) is 20.1. The highest BCUT2D eigenvalue weighted by atomic mass is 35.5. The molecule has 0 bridgehead atoms. The predicted octanol–water partition coefficient (Wildman–Crippen LogP) is 0.597. The van der Waals surface area contributed by atoms with E-state index in [9.17, 15) is 4.79 Å². The maximum Gasteiger partial charge on any atom is 0.240 e. The number of hydrogen-bond donors (Lipinski definition) is 1. The lowest BCUT2D eigenvalue weighted by atomic mass is 10.1. The molecule has 5 nitrogen and oxygen atoms in total. The second kappa shape index (κ2) is 6.32. The highest BCUT2D eigenvalue weighted by Crippen LogP contribution is 2.13. The molecule has 2 heterocycles. The average Bonchev–Trinajstić information content (AvgIpc) is 2.41. The molecule has 0 spiro atoms. The molecule has 19 heavy (non-hydrogen) atoms. The van der Waals surface area contributed by atoms with Gasteiger partial charge in [-0.25, -0.2) is 4.98 Å². The third-order valence-electron chi connectivity index (χ3n) is 3.25. The molecule has 0 aliphatic carbocycles. The fraction of sp³-hybridized carbons (Fsp3) is 0.538. The average molecular weight is 283 g/mol. The lowest BCUT2D eigenvalue weighted by Gasteiger charge is -2.36. The minimum atomic E-state index is -0.112. The normalized spacial score (nSPS) is 20.3. The zero-order valence-corrected chi connectivity index (χ0v) is 12.0. The molecule has 1 aliphatic heterocycles. The molecule has 1 atom stereocenters. The van der Waals surface area contributed by atoms with Crippen LogP contribution in [0.3, 0.4) is 0 Å². The van der Waals surface area contributed by atoms with Crippen LogP contribution >= 0.6 is 11.6 Å². The number of aromatic nitrogens is 1. The summed E-state index contributed by atoms with van der Waals surface area (Å²) >= 11 is 5.78. The Kier molecular flexibility index (Phi) is 4.74. The summed E-state index contributed by atoms with van der Waals surface area (Å²) in [7, 11) is 3.58. The molecule has 0 saturated carbocycles. The van der Waals surface area contributed by atoms with E-state index in [2.05, 4.69) is 15.2 Å². The van der Waals surface area contributed by atoms with Gasteiger partial charge in [0.15, 0.2) is 0 Å². The Morgan fingerprint density at radius 3 is 3.00 bits per heavy atom. The van der Waals surface area contributed by atoms with Crippen molar-refractivity contribution in [2.45, 2.75) is 12.6 Å². The molecular formula is C13H19ClN4O. The third kappa shape index (κ3) is 3.65. The predicted molar refractivity (Wildman–Crippen MR) is 75.0 cm³/mol. The molecule has 0 aromatic carbocycles. The molecular weight excluding hydrogens is 264 g/mol. The number of piperazine rings is 1. The molecule has 1 unspecified atom stereocenters. The van der Waals surface area contributed by atoms with Crippen molar-refractivity contribution in [3.8, 4) is 0 Å². The van der Waals surface area contributed by atoms with E-state index in [4.69, 9.17) is 11.6 Å². The van der Waals surface area contributed by atoms with E-state index in [-0.39, 0.29) is 11.9 Å². The van der Waals surface area contributed by atoms with Crippen LogP contribution in [-0.2, 0) is 11.3 Å². The fourth-order valence-corrected chi connectivity index (χ4v) is 2.32. The molecule has 1 aromatic heterocycles. The SMILES string of the molecule is CN(C)C(=O)C1CNCCN1Cc1ccc(Cl)nc1. The largest absolute Gasteiger partial charge is 0.347 e. The van der Waals surface area contributed by atoms with Crippen LogP contribution in [-0.4, -0.2) is 60.5 Å². The molecule has 1 fully saturated rings. The lowest BCUT2D eigenvalue weighted by Crippen LogP contribution is -2.57. The van der Waals surface area contributed by atoms with Gasteiger partial charge in [0.25, 0.3) is 0 Å². The van der Waals surface area contributed by atoms with Gasteiger partial charge >= 0.3 is 0 Å². The first kappa shape index (κ1) is 14.2. The number of hydrogen-bond acceptors (Lipinski definition) is 4. The van der Waals surface area contributed by atoms with E-state index in [0.29, 0.717) is 11.7 Å². The van der Waals surface area contributed by atoms with Gasteiger partial charge in [-0.05, 0) is 11.6 Å². The van der Waals surface area contributed by atoms with Crippen molar-refractivity contribution in [2.75, 3.05) is 33.7 Å². The van der Waals surface area contributed by atoms with E-state index < -0.39 is 0 Å². The van der Waals surface area contributed by atoms with Gasteiger partial charge < -0.3 is 10.2 Å². The first-order valence-electron chi connectivity index (χ1n) is 6.34. The van der Waals surface area contributed by atoms with Crippen molar-refractivity contribution in [1.29, 1.82) is 0 Å². The Morgan fingerprint density at radius 1 is 1.58 bits per heavy atom. The van der Waals surface area contributed by atoms with Crippen LogP contribution in [0.4, 0.5) is 0 Å². The van der Waals surface area contributed by atoms with Crippen LogP contribution in [0.2, 0.25) is 5.15 Å². The zero-order valence-electron chi connectivity index (χ0n) is 11.3. The highest BCUT2D eigenvalue weighted by Gasteiger charge is 2.29. The third-order valence-corrected chi connectivity index (χ3v) is 3.48. The summed E-state index contributed by atoms with van der Waals surface area (Å²) in [5, 5.41) is 3.76. The van der Waals surface area contributed by atoms with Crippen LogP contribution in [0.25, 0.3) is 0 Å². The smallest absolute Gasteiger partial charge is 0.240 e.